The lowest BCUT2D eigenvalue weighted by atomic mass is 9.97. The number of hydrogen-bond donors (Lipinski definition) is 9. The smallest absolute Gasteiger partial charge is 0.220 e. The highest BCUT2D eigenvalue weighted by Gasteiger charge is 2.51. The number of hydrogen-bond acceptors (Lipinski definition) is 13. The fraction of sp³-hybridized carbons (Fsp3) is 0.737. The van der Waals surface area contributed by atoms with Crippen molar-refractivity contribution in [2.24, 2.45) is 0 Å². The number of ether oxygens (including phenoxy) is 4. The molecule has 0 aliphatic carbocycles. The summed E-state index contributed by atoms with van der Waals surface area (Å²) in [6.45, 7) is 2.51. The molecule has 12 unspecified atom stereocenters. The number of carbonyl (C=O) groups is 1. The van der Waals surface area contributed by atoms with Gasteiger partial charge in [0, 0.05) is 6.42 Å². The second-order valence-electron chi connectivity index (χ2n) is 18.9. The molecule has 14 heteroatoms. The van der Waals surface area contributed by atoms with Gasteiger partial charge in [0.15, 0.2) is 12.6 Å². The fourth-order valence-corrected chi connectivity index (χ4v) is 8.44. The van der Waals surface area contributed by atoms with Crippen molar-refractivity contribution in [2.75, 3.05) is 19.8 Å². The molecule has 0 aromatic carbocycles. The molecule has 408 valence electrons. The fourth-order valence-electron chi connectivity index (χ4n) is 8.44. The molecule has 0 aromatic heterocycles. The van der Waals surface area contributed by atoms with Gasteiger partial charge in [-0.2, -0.15) is 0 Å². The van der Waals surface area contributed by atoms with Crippen molar-refractivity contribution in [2.45, 2.75) is 248 Å². The van der Waals surface area contributed by atoms with Gasteiger partial charge >= 0.3 is 0 Å². The molecule has 2 rings (SSSR count). The standard InChI is InChI=1S/C57H97NO13/c1-3-5-7-9-11-13-15-16-17-18-19-20-21-22-23-24-25-26-27-28-29-30-31-33-35-37-39-41-49(62)58-45(46(61)40-38-36-34-32-14-12-10-8-6-4-2)44-68-56-54(67)52(65)55(48(43-60)70-56)71-57-53(66)51(64)50(63)47(42-59)69-57/h5-8,11,13-14,16-17,19-20,32,38,40,45-48,50-57,59-61,63-67H,3-4,9-10,12,15,18,21-31,33-37,39,41-44H2,1-2H3,(H,58,62)/b7-5-,8-6+,13-11-,17-16-,20-19-,32-14+,40-38+. The van der Waals surface area contributed by atoms with Gasteiger partial charge in [0.05, 0.1) is 32.0 Å². The number of rotatable bonds is 41. The van der Waals surface area contributed by atoms with Crippen LogP contribution in [0.3, 0.4) is 0 Å². The molecular weight excluding hydrogens is 907 g/mol. The zero-order valence-electron chi connectivity index (χ0n) is 43.4. The second-order valence-corrected chi connectivity index (χ2v) is 18.9. The molecule has 0 saturated carbocycles. The van der Waals surface area contributed by atoms with E-state index in [9.17, 15) is 45.6 Å². The average Bonchev–Trinajstić information content (AvgIpc) is 3.37. The molecule has 0 aromatic rings. The van der Waals surface area contributed by atoms with E-state index in [0.29, 0.717) is 12.8 Å². The SMILES string of the molecule is CC/C=C\C/C=C\C/C=C\C/C=C\CCCCCCCCCCCCCCCCC(=O)NC(COC1OC(CO)C(OC2OC(CO)C(O)C(O)C2O)C(O)C1O)C(O)/C=C/CC/C=C/CC/C=C/CC. The highest BCUT2D eigenvalue weighted by atomic mass is 16.7. The Morgan fingerprint density at radius 1 is 0.507 bits per heavy atom. The Morgan fingerprint density at radius 2 is 0.944 bits per heavy atom. The number of nitrogens with one attached hydrogen (secondary N) is 1. The third-order valence-corrected chi connectivity index (χ3v) is 12.8. The van der Waals surface area contributed by atoms with Crippen LogP contribution in [0.2, 0.25) is 0 Å². The van der Waals surface area contributed by atoms with Gasteiger partial charge in [-0.25, -0.2) is 0 Å². The molecule has 0 radical (unpaired) electrons. The van der Waals surface area contributed by atoms with Gasteiger partial charge in [-0.3, -0.25) is 4.79 Å². The molecule has 0 spiro atoms. The van der Waals surface area contributed by atoms with Crippen LogP contribution in [-0.2, 0) is 23.7 Å². The predicted molar refractivity (Wildman–Crippen MR) is 281 cm³/mol. The summed E-state index contributed by atoms with van der Waals surface area (Å²) < 4.78 is 22.6. The minimum atomic E-state index is -1.79. The molecule has 2 heterocycles. The molecule has 71 heavy (non-hydrogen) atoms. The lowest BCUT2D eigenvalue weighted by Gasteiger charge is -2.46. The summed E-state index contributed by atoms with van der Waals surface area (Å²) in [6.07, 6.45) is 39.4. The Hall–Kier alpha value is -2.83. The number of aliphatic hydroxyl groups excluding tert-OH is 8. The Labute approximate surface area is 427 Å². The van der Waals surface area contributed by atoms with E-state index in [1.54, 1.807) is 6.08 Å². The molecule has 2 saturated heterocycles. The van der Waals surface area contributed by atoms with Crippen molar-refractivity contribution in [1.82, 2.24) is 5.32 Å². The van der Waals surface area contributed by atoms with Crippen LogP contribution >= 0.6 is 0 Å². The molecule has 1 amide bonds. The van der Waals surface area contributed by atoms with Gasteiger partial charge in [0.2, 0.25) is 5.91 Å². The van der Waals surface area contributed by atoms with Crippen LogP contribution in [0, 0.1) is 0 Å². The first-order valence-electron chi connectivity index (χ1n) is 27.3. The van der Waals surface area contributed by atoms with Crippen molar-refractivity contribution in [3.63, 3.8) is 0 Å². The summed E-state index contributed by atoms with van der Waals surface area (Å²) in [5.74, 6) is -0.261. The normalized spacial score (nSPS) is 26.5. The zero-order chi connectivity index (χ0) is 51.7. The zero-order valence-corrected chi connectivity index (χ0v) is 43.4. The largest absolute Gasteiger partial charge is 0.394 e. The summed E-state index contributed by atoms with van der Waals surface area (Å²) >= 11 is 0. The summed E-state index contributed by atoms with van der Waals surface area (Å²) in [6, 6.07) is -0.940. The second kappa shape index (κ2) is 42.5. The summed E-state index contributed by atoms with van der Waals surface area (Å²) in [5.41, 5.74) is 0. The Balaban J connectivity index is 1.71. The van der Waals surface area contributed by atoms with Gasteiger partial charge in [-0.15, -0.1) is 0 Å². The van der Waals surface area contributed by atoms with Gasteiger partial charge in [0.1, 0.15) is 48.8 Å². The van der Waals surface area contributed by atoms with E-state index in [1.165, 1.54) is 70.6 Å². The first kappa shape index (κ1) is 64.3. The number of allylic oxidation sites excluding steroid dienone is 13. The molecule has 12 atom stereocenters. The Morgan fingerprint density at radius 3 is 1.49 bits per heavy atom. The molecule has 0 bridgehead atoms. The highest BCUT2D eigenvalue weighted by Crippen LogP contribution is 2.30. The molecule has 2 aliphatic heterocycles. The minimum absolute atomic E-state index is 0.261. The van der Waals surface area contributed by atoms with Crippen molar-refractivity contribution in [1.29, 1.82) is 0 Å². The van der Waals surface area contributed by atoms with Crippen molar-refractivity contribution in [3.8, 4) is 0 Å². The number of carbonyl (C=O) groups excluding carboxylic acids is 1. The van der Waals surface area contributed by atoms with Crippen LogP contribution in [0.5, 0.6) is 0 Å². The van der Waals surface area contributed by atoms with Crippen LogP contribution in [0.4, 0.5) is 0 Å². The first-order valence-corrected chi connectivity index (χ1v) is 27.3. The molecule has 14 nitrogen and oxygen atoms in total. The molecular formula is C57H97NO13. The molecule has 2 aliphatic rings. The maximum absolute atomic E-state index is 13.2. The maximum atomic E-state index is 13.2. The van der Waals surface area contributed by atoms with Gasteiger partial charge in [0.25, 0.3) is 0 Å². The monoisotopic (exact) mass is 1000 g/mol. The van der Waals surface area contributed by atoms with E-state index >= 15 is 0 Å². The average molecular weight is 1000 g/mol. The number of amides is 1. The van der Waals surface area contributed by atoms with E-state index in [1.807, 2.05) is 6.08 Å². The van der Waals surface area contributed by atoms with Crippen LogP contribution < -0.4 is 5.32 Å². The van der Waals surface area contributed by atoms with E-state index in [-0.39, 0.29) is 18.9 Å². The maximum Gasteiger partial charge on any atom is 0.220 e. The quantitative estimate of drug-likeness (QED) is 0.0208. The topological polar surface area (TPSA) is 228 Å². The van der Waals surface area contributed by atoms with Crippen LogP contribution in [0.25, 0.3) is 0 Å². The summed E-state index contributed by atoms with van der Waals surface area (Å²) in [7, 11) is 0. The van der Waals surface area contributed by atoms with Gasteiger partial charge < -0.3 is 65.1 Å². The number of aliphatic hydroxyl groups is 8. The molecule has 9 N–H and O–H groups in total. The number of unbranched alkanes of at least 4 members (excludes halogenated alkanes) is 16. The van der Waals surface area contributed by atoms with E-state index in [0.717, 1.165) is 70.6 Å². The minimum Gasteiger partial charge on any atom is -0.394 e. The van der Waals surface area contributed by atoms with Crippen molar-refractivity contribution >= 4 is 5.91 Å². The Kier molecular flexibility index (Phi) is 38.5. The lowest BCUT2D eigenvalue weighted by molar-refractivity contribution is -0.359. The van der Waals surface area contributed by atoms with Crippen LogP contribution in [-0.4, -0.2) is 140 Å². The van der Waals surface area contributed by atoms with Gasteiger partial charge in [-0.1, -0.05) is 176 Å². The first-order chi connectivity index (χ1) is 34.6. The van der Waals surface area contributed by atoms with Gasteiger partial charge in [-0.05, 0) is 77.0 Å². The van der Waals surface area contributed by atoms with E-state index < -0.39 is 86.8 Å². The highest BCUT2D eigenvalue weighted by molar-refractivity contribution is 5.76. The third kappa shape index (κ3) is 29.0. The Bertz CT molecular complexity index is 1510. The lowest BCUT2D eigenvalue weighted by Crippen LogP contribution is -2.65. The molecule has 2 fully saturated rings. The van der Waals surface area contributed by atoms with E-state index in [2.05, 4.69) is 92.1 Å². The van der Waals surface area contributed by atoms with Crippen LogP contribution in [0.1, 0.15) is 174 Å². The summed E-state index contributed by atoms with van der Waals surface area (Å²) in [5, 5.41) is 86.7. The predicted octanol–water partition coefficient (Wildman–Crippen LogP) is 8.16. The van der Waals surface area contributed by atoms with Crippen LogP contribution in [0.15, 0.2) is 85.1 Å². The third-order valence-electron chi connectivity index (χ3n) is 12.8. The van der Waals surface area contributed by atoms with Crippen molar-refractivity contribution in [3.05, 3.63) is 85.1 Å². The van der Waals surface area contributed by atoms with Crippen molar-refractivity contribution < 1.29 is 64.6 Å². The van der Waals surface area contributed by atoms with E-state index in [4.69, 9.17) is 18.9 Å². The summed E-state index contributed by atoms with van der Waals surface area (Å²) in [4.78, 5) is 13.2.